The molecule has 3 N–H and O–H groups in total. The van der Waals surface area contributed by atoms with E-state index in [2.05, 4.69) is 5.32 Å². The van der Waals surface area contributed by atoms with E-state index in [0.29, 0.717) is 31.9 Å². The lowest BCUT2D eigenvalue weighted by atomic mass is 10.0. The number of amides is 2. The fourth-order valence-corrected chi connectivity index (χ4v) is 2.77. The van der Waals surface area contributed by atoms with Gasteiger partial charge in [-0.3, -0.25) is 19.7 Å². The second kappa shape index (κ2) is 7.69. The number of carbonyl (C=O) groups excluding carboxylic acids is 2. The van der Waals surface area contributed by atoms with Crippen molar-refractivity contribution < 1.29 is 14.5 Å². The van der Waals surface area contributed by atoms with Crippen molar-refractivity contribution in [2.24, 2.45) is 5.73 Å². The van der Waals surface area contributed by atoms with E-state index in [0.717, 1.165) is 0 Å². The lowest BCUT2D eigenvalue weighted by Gasteiger charge is -2.35. The van der Waals surface area contributed by atoms with Gasteiger partial charge in [-0.05, 0) is 26.0 Å². The van der Waals surface area contributed by atoms with Crippen molar-refractivity contribution in [1.82, 2.24) is 10.2 Å². The number of piperazine rings is 1. The molecule has 142 valence electrons. The number of anilines is 1. The quantitative estimate of drug-likeness (QED) is 0.587. The highest BCUT2D eigenvalue weighted by molar-refractivity contribution is 5.96. The minimum Gasteiger partial charge on any atom is -0.362 e. The van der Waals surface area contributed by atoms with Crippen LogP contribution in [-0.4, -0.2) is 59.9 Å². The molecule has 0 aliphatic carbocycles. The van der Waals surface area contributed by atoms with E-state index < -0.39 is 16.4 Å². The molecule has 0 aromatic heterocycles. The summed E-state index contributed by atoms with van der Waals surface area (Å²) in [5.74, 6) is -0.412. The summed E-state index contributed by atoms with van der Waals surface area (Å²) in [4.78, 5) is 38.4. The zero-order valence-electron chi connectivity index (χ0n) is 15.3. The molecule has 2 amide bonds. The van der Waals surface area contributed by atoms with Gasteiger partial charge in [-0.2, -0.15) is 0 Å². The molecule has 0 bridgehead atoms. The number of rotatable bonds is 5. The van der Waals surface area contributed by atoms with E-state index in [-0.39, 0.29) is 23.7 Å². The monoisotopic (exact) mass is 363 g/mol. The summed E-state index contributed by atoms with van der Waals surface area (Å²) in [7, 11) is 0. The second-order valence-corrected chi connectivity index (χ2v) is 7.00. The van der Waals surface area contributed by atoms with Crippen LogP contribution in [0.3, 0.4) is 0 Å². The molecule has 0 atom stereocenters. The molecule has 1 aliphatic heterocycles. The van der Waals surface area contributed by atoms with Crippen molar-refractivity contribution in [3.05, 3.63) is 33.9 Å². The topological polar surface area (TPSA) is 122 Å². The van der Waals surface area contributed by atoms with Crippen LogP contribution in [0.4, 0.5) is 11.4 Å². The standard InChI is InChI=1S/C17H25N5O4/c1-12(23)20-6-8-21(9-7-20)14-5-4-13(10-15(14)22(25)26)16(24)19-17(2,3)11-18/h4-5,10H,6-9,11,18H2,1-3H3,(H,19,24). The summed E-state index contributed by atoms with van der Waals surface area (Å²) in [5, 5.41) is 14.3. The molecule has 0 unspecified atom stereocenters. The Morgan fingerprint density at radius 3 is 2.38 bits per heavy atom. The maximum atomic E-state index is 12.4. The lowest BCUT2D eigenvalue weighted by Crippen LogP contribution is -2.49. The molecule has 1 aromatic rings. The molecule has 1 fully saturated rings. The van der Waals surface area contributed by atoms with Gasteiger partial charge < -0.3 is 20.9 Å². The third-order valence-corrected chi connectivity index (χ3v) is 4.46. The second-order valence-electron chi connectivity index (χ2n) is 7.00. The Bertz CT molecular complexity index is 711. The smallest absolute Gasteiger partial charge is 0.293 e. The molecule has 0 spiro atoms. The fourth-order valence-electron chi connectivity index (χ4n) is 2.77. The Labute approximate surface area is 152 Å². The predicted octanol–water partition coefficient (Wildman–Crippen LogP) is 0.730. The number of nitrogens with two attached hydrogens (primary N) is 1. The first-order chi connectivity index (χ1) is 12.1. The van der Waals surface area contributed by atoms with Crippen molar-refractivity contribution in [3.63, 3.8) is 0 Å². The Kier molecular flexibility index (Phi) is 5.81. The van der Waals surface area contributed by atoms with Crippen molar-refractivity contribution in [3.8, 4) is 0 Å². The average molecular weight is 363 g/mol. The fraction of sp³-hybridized carbons (Fsp3) is 0.529. The summed E-state index contributed by atoms with van der Waals surface area (Å²) in [6, 6.07) is 4.45. The van der Waals surface area contributed by atoms with Crippen molar-refractivity contribution in [1.29, 1.82) is 0 Å². The van der Waals surface area contributed by atoms with E-state index in [1.165, 1.54) is 13.0 Å². The number of nitrogens with zero attached hydrogens (tertiary/aromatic N) is 3. The summed E-state index contributed by atoms with van der Waals surface area (Å²) >= 11 is 0. The van der Waals surface area contributed by atoms with Gasteiger partial charge in [0.15, 0.2) is 0 Å². The largest absolute Gasteiger partial charge is 0.362 e. The van der Waals surface area contributed by atoms with Crippen LogP contribution in [0.15, 0.2) is 18.2 Å². The number of nitro benzene ring substituents is 1. The van der Waals surface area contributed by atoms with E-state index in [1.807, 2.05) is 4.90 Å². The van der Waals surface area contributed by atoms with Gasteiger partial charge in [0, 0.05) is 56.8 Å². The number of hydrogen-bond donors (Lipinski definition) is 2. The molecule has 2 rings (SSSR count). The maximum Gasteiger partial charge on any atom is 0.293 e. The normalized spacial score (nSPS) is 14.9. The highest BCUT2D eigenvalue weighted by Gasteiger charge is 2.27. The third kappa shape index (κ3) is 4.48. The van der Waals surface area contributed by atoms with Gasteiger partial charge in [-0.25, -0.2) is 0 Å². The van der Waals surface area contributed by atoms with Crippen LogP contribution in [0.1, 0.15) is 31.1 Å². The maximum absolute atomic E-state index is 12.4. The molecule has 1 saturated heterocycles. The molecular formula is C17H25N5O4. The number of benzene rings is 1. The number of hydrogen-bond acceptors (Lipinski definition) is 6. The average Bonchev–Trinajstić information content (AvgIpc) is 2.60. The molecule has 9 nitrogen and oxygen atoms in total. The molecule has 0 saturated carbocycles. The zero-order chi connectivity index (χ0) is 19.5. The van der Waals surface area contributed by atoms with E-state index in [1.54, 1.807) is 30.9 Å². The molecule has 1 aromatic carbocycles. The van der Waals surface area contributed by atoms with Gasteiger partial charge in [0.1, 0.15) is 5.69 Å². The first-order valence-electron chi connectivity index (χ1n) is 8.46. The van der Waals surface area contributed by atoms with E-state index in [4.69, 9.17) is 5.73 Å². The summed E-state index contributed by atoms with van der Waals surface area (Å²) in [6.45, 7) is 7.36. The van der Waals surface area contributed by atoms with Gasteiger partial charge in [0.25, 0.3) is 11.6 Å². The van der Waals surface area contributed by atoms with Gasteiger partial charge in [-0.15, -0.1) is 0 Å². The number of nitrogens with one attached hydrogen (secondary N) is 1. The molecular weight excluding hydrogens is 338 g/mol. The SMILES string of the molecule is CC(=O)N1CCN(c2ccc(C(=O)NC(C)(C)CN)cc2[N+](=O)[O-])CC1. The van der Waals surface area contributed by atoms with Crippen LogP contribution in [0, 0.1) is 10.1 Å². The Hall–Kier alpha value is -2.68. The molecule has 0 radical (unpaired) electrons. The Morgan fingerprint density at radius 1 is 1.27 bits per heavy atom. The first-order valence-corrected chi connectivity index (χ1v) is 8.46. The van der Waals surface area contributed by atoms with Crippen LogP contribution in [0.5, 0.6) is 0 Å². The van der Waals surface area contributed by atoms with Gasteiger partial charge in [0.2, 0.25) is 5.91 Å². The van der Waals surface area contributed by atoms with Crippen LogP contribution in [0.2, 0.25) is 0 Å². The number of nitro groups is 1. The van der Waals surface area contributed by atoms with E-state index >= 15 is 0 Å². The third-order valence-electron chi connectivity index (χ3n) is 4.46. The lowest BCUT2D eigenvalue weighted by molar-refractivity contribution is -0.384. The first kappa shape index (κ1) is 19.6. The van der Waals surface area contributed by atoms with Crippen molar-refractivity contribution >= 4 is 23.2 Å². The highest BCUT2D eigenvalue weighted by Crippen LogP contribution is 2.30. The van der Waals surface area contributed by atoms with Crippen LogP contribution < -0.4 is 16.0 Å². The zero-order valence-corrected chi connectivity index (χ0v) is 15.3. The minimum atomic E-state index is -0.604. The van der Waals surface area contributed by atoms with Crippen LogP contribution in [0.25, 0.3) is 0 Å². The molecule has 1 aliphatic rings. The van der Waals surface area contributed by atoms with Gasteiger partial charge in [-0.1, -0.05) is 0 Å². The molecule has 1 heterocycles. The summed E-state index contributed by atoms with van der Waals surface area (Å²) < 4.78 is 0. The number of carbonyl (C=O) groups is 2. The van der Waals surface area contributed by atoms with Crippen molar-refractivity contribution in [2.45, 2.75) is 26.3 Å². The van der Waals surface area contributed by atoms with Gasteiger partial charge in [0.05, 0.1) is 4.92 Å². The molecule has 26 heavy (non-hydrogen) atoms. The van der Waals surface area contributed by atoms with E-state index in [9.17, 15) is 19.7 Å². The van der Waals surface area contributed by atoms with Crippen LogP contribution >= 0.6 is 0 Å². The minimum absolute atomic E-state index is 0.00585. The van der Waals surface area contributed by atoms with Gasteiger partial charge >= 0.3 is 0 Å². The highest BCUT2D eigenvalue weighted by atomic mass is 16.6. The predicted molar refractivity (Wildman–Crippen MR) is 98.2 cm³/mol. The van der Waals surface area contributed by atoms with Crippen LogP contribution in [-0.2, 0) is 4.79 Å². The summed E-state index contributed by atoms with van der Waals surface area (Å²) in [6.07, 6.45) is 0. The Balaban J connectivity index is 2.23. The van der Waals surface area contributed by atoms with Crippen molar-refractivity contribution in [2.75, 3.05) is 37.6 Å². The Morgan fingerprint density at radius 2 is 1.88 bits per heavy atom. The molecule has 9 heteroatoms. The summed E-state index contributed by atoms with van der Waals surface area (Å²) in [5.41, 5.74) is 5.54.